The van der Waals surface area contributed by atoms with Crippen LogP contribution in [0.15, 0.2) is 43.0 Å². The van der Waals surface area contributed by atoms with Crippen molar-refractivity contribution in [2.45, 2.75) is 13.2 Å². The minimum absolute atomic E-state index is 0.153. The summed E-state index contributed by atoms with van der Waals surface area (Å²) in [7, 11) is -3.53. The van der Waals surface area contributed by atoms with Crippen LogP contribution in [0.5, 0.6) is 0 Å². The molecule has 0 unspecified atom stereocenters. The van der Waals surface area contributed by atoms with E-state index in [2.05, 4.69) is 15.0 Å². The molecule has 0 fully saturated rings. The first-order valence-electron chi connectivity index (χ1n) is 6.56. The molecule has 8 heteroatoms. The van der Waals surface area contributed by atoms with E-state index >= 15 is 0 Å². The van der Waals surface area contributed by atoms with Crippen LogP contribution in [0.25, 0.3) is 11.2 Å². The lowest BCUT2D eigenvalue weighted by Gasteiger charge is -2.05. The monoisotopic (exact) mass is 318 g/mol. The van der Waals surface area contributed by atoms with Crippen molar-refractivity contribution >= 4 is 21.3 Å². The van der Waals surface area contributed by atoms with Crippen molar-refractivity contribution in [1.29, 1.82) is 0 Å². The maximum atomic E-state index is 11.1. The molecule has 0 aliphatic heterocycles. The Hall–Kier alpha value is -2.32. The van der Waals surface area contributed by atoms with Crippen molar-refractivity contribution in [3.8, 4) is 0 Å². The van der Waals surface area contributed by atoms with Crippen molar-refractivity contribution in [2.75, 3.05) is 6.26 Å². The number of imidazole rings is 1. The largest absolute Gasteiger partial charge is 0.311 e. The fourth-order valence-corrected chi connectivity index (χ4v) is 2.42. The first-order chi connectivity index (χ1) is 10.5. The Morgan fingerprint density at radius 3 is 2.64 bits per heavy atom. The van der Waals surface area contributed by atoms with Crippen LogP contribution >= 0.6 is 0 Å². The summed E-state index contributed by atoms with van der Waals surface area (Å²) >= 11 is 0. The molecule has 3 aromatic rings. The number of fused-ring (bicyclic) bond motifs is 1. The third-order valence-electron chi connectivity index (χ3n) is 3.08. The molecule has 0 saturated heterocycles. The second-order valence-electron chi connectivity index (χ2n) is 4.82. The topological polar surface area (TPSA) is 87.0 Å². The molecule has 0 saturated carbocycles. The molecule has 2 aromatic heterocycles. The Kier molecular flexibility index (Phi) is 3.86. The SMILES string of the molecule is CS(=O)(=O)OCc1ncnc2c1ncn2Cc1ccccc1. The Labute approximate surface area is 127 Å². The Bertz CT molecular complexity index is 891. The molecule has 0 spiro atoms. The summed E-state index contributed by atoms with van der Waals surface area (Å²) in [5.41, 5.74) is 2.75. The van der Waals surface area contributed by atoms with Gasteiger partial charge in [-0.1, -0.05) is 30.3 Å². The molecule has 0 N–H and O–H groups in total. The summed E-state index contributed by atoms with van der Waals surface area (Å²) in [4.78, 5) is 12.6. The van der Waals surface area contributed by atoms with Gasteiger partial charge < -0.3 is 4.57 Å². The van der Waals surface area contributed by atoms with Crippen LogP contribution in [-0.4, -0.2) is 34.2 Å². The van der Waals surface area contributed by atoms with Gasteiger partial charge in [0.25, 0.3) is 10.1 Å². The minimum Gasteiger partial charge on any atom is -0.311 e. The van der Waals surface area contributed by atoms with Crippen molar-refractivity contribution in [3.05, 3.63) is 54.2 Å². The van der Waals surface area contributed by atoms with Gasteiger partial charge in [0.1, 0.15) is 18.5 Å². The average Bonchev–Trinajstić information content (AvgIpc) is 2.89. The van der Waals surface area contributed by atoms with Gasteiger partial charge in [-0.05, 0) is 5.56 Å². The van der Waals surface area contributed by atoms with Crippen LogP contribution in [0.3, 0.4) is 0 Å². The van der Waals surface area contributed by atoms with E-state index in [1.165, 1.54) is 6.33 Å². The van der Waals surface area contributed by atoms with E-state index in [4.69, 9.17) is 4.18 Å². The number of nitrogens with zero attached hydrogens (tertiary/aromatic N) is 4. The predicted molar refractivity (Wildman–Crippen MR) is 80.5 cm³/mol. The summed E-state index contributed by atoms with van der Waals surface area (Å²) in [6, 6.07) is 9.92. The van der Waals surface area contributed by atoms with Crippen molar-refractivity contribution < 1.29 is 12.6 Å². The molecule has 7 nitrogen and oxygen atoms in total. The highest BCUT2D eigenvalue weighted by Gasteiger charge is 2.12. The zero-order valence-corrected chi connectivity index (χ0v) is 12.7. The molecule has 3 rings (SSSR count). The standard InChI is InChI=1S/C14H14N4O3S/c1-22(19,20)21-8-12-13-14(16-9-15-12)18(10-17-13)7-11-5-3-2-4-6-11/h2-6,9-10H,7-8H2,1H3. The number of benzene rings is 1. The summed E-state index contributed by atoms with van der Waals surface area (Å²) in [6.07, 6.45) is 4.04. The first-order valence-corrected chi connectivity index (χ1v) is 8.37. The van der Waals surface area contributed by atoms with E-state index in [1.54, 1.807) is 6.33 Å². The molecule has 114 valence electrons. The normalized spacial score (nSPS) is 11.9. The Balaban J connectivity index is 1.92. The van der Waals surface area contributed by atoms with Crippen molar-refractivity contribution in [3.63, 3.8) is 0 Å². The third-order valence-corrected chi connectivity index (χ3v) is 3.63. The van der Waals surface area contributed by atoms with Gasteiger partial charge in [-0.2, -0.15) is 8.42 Å². The lowest BCUT2D eigenvalue weighted by molar-refractivity contribution is 0.308. The molecule has 0 atom stereocenters. The zero-order chi connectivity index (χ0) is 15.6. The van der Waals surface area contributed by atoms with Crippen LogP contribution in [0, 0.1) is 0 Å². The van der Waals surface area contributed by atoms with Gasteiger partial charge in [0.15, 0.2) is 5.65 Å². The molecule has 2 heterocycles. The highest BCUT2D eigenvalue weighted by molar-refractivity contribution is 7.85. The van der Waals surface area contributed by atoms with Crippen LogP contribution in [0.1, 0.15) is 11.3 Å². The summed E-state index contributed by atoms with van der Waals surface area (Å²) in [5, 5.41) is 0. The van der Waals surface area contributed by atoms with Crippen LogP contribution < -0.4 is 0 Å². The van der Waals surface area contributed by atoms with E-state index in [0.717, 1.165) is 11.8 Å². The van der Waals surface area contributed by atoms with Crippen LogP contribution in [0.4, 0.5) is 0 Å². The molecule has 1 aromatic carbocycles. The lowest BCUT2D eigenvalue weighted by atomic mass is 10.2. The molecule has 0 aliphatic carbocycles. The quantitative estimate of drug-likeness (QED) is 0.660. The molecule has 0 radical (unpaired) electrons. The van der Waals surface area contributed by atoms with E-state index in [1.807, 2.05) is 34.9 Å². The number of aromatic nitrogens is 4. The molecule has 0 aliphatic rings. The highest BCUT2D eigenvalue weighted by Crippen LogP contribution is 2.16. The number of hydrogen-bond acceptors (Lipinski definition) is 6. The van der Waals surface area contributed by atoms with Gasteiger partial charge in [-0.25, -0.2) is 15.0 Å². The second kappa shape index (κ2) is 5.82. The number of rotatable bonds is 5. The van der Waals surface area contributed by atoms with Gasteiger partial charge in [0, 0.05) is 0 Å². The van der Waals surface area contributed by atoms with Crippen molar-refractivity contribution in [1.82, 2.24) is 19.5 Å². The predicted octanol–water partition coefficient (Wildman–Crippen LogP) is 1.35. The first kappa shape index (κ1) is 14.6. The molecular formula is C14H14N4O3S. The molecule has 22 heavy (non-hydrogen) atoms. The third kappa shape index (κ3) is 3.29. The van der Waals surface area contributed by atoms with Crippen LogP contribution in [0.2, 0.25) is 0 Å². The van der Waals surface area contributed by atoms with Gasteiger partial charge in [0.05, 0.1) is 24.8 Å². The minimum atomic E-state index is -3.53. The molecule has 0 bridgehead atoms. The Morgan fingerprint density at radius 1 is 1.14 bits per heavy atom. The molecular weight excluding hydrogens is 304 g/mol. The fourth-order valence-electron chi connectivity index (χ4n) is 2.09. The smallest absolute Gasteiger partial charge is 0.264 e. The number of hydrogen-bond donors (Lipinski definition) is 0. The van der Waals surface area contributed by atoms with Gasteiger partial charge in [-0.15, -0.1) is 0 Å². The summed E-state index contributed by atoms with van der Waals surface area (Å²) < 4.78 is 28.9. The Morgan fingerprint density at radius 2 is 1.91 bits per heavy atom. The van der Waals surface area contributed by atoms with E-state index in [-0.39, 0.29) is 6.61 Å². The zero-order valence-electron chi connectivity index (χ0n) is 11.9. The average molecular weight is 318 g/mol. The maximum absolute atomic E-state index is 11.1. The van der Waals surface area contributed by atoms with E-state index in [9.17, 15) is 8.42 Å². The van der Waals surface area contributed by atoms with Gasteiger partial charge >= 0.3 is 0 Å². The second-order valence-corrected chi connectivity index (χ2v) is 6.46. The summed E-state index contributed by atoms with van der Waals surface area (Å²) in [6.45, 7) is 0.473. The highest BCUT2D eigenvalue weighted by atomic mass is 32.2. The van der Waals surface area contributed by atoms with E-state index in [0.29, 0.717) is 23.4 Å². The van der Waals surface area contributed by atoms with Crippen molar-refractivity contribution in [2.24, 2.45) is 0 Å². The van der Waals surface area contributed by atoms with Crippen LogP contribution in [-0.2, 0) is 27.5 Å². The molecule has 0 amide bonds. The van der Waals surface area contributed by atoms with Gasteiger partial charge in [0.2, 0.25) is 0 Å². The maximum Gasteiger partial charge on any atom is 0.264 e. The van der Waals surface area contributed by atoms with Gasteiger partial charge in [-0.3, -0.25) is 4.18 Å². The summed E-state index contributed by atoms with van der Waals surface area (Å²) in [5.74, 6) is 0. The lowest BCUT2D eigenvalue weighted by Crippen LogP contribution is -2.05. The van der Waals surface area contributed by atoms with E-state index < -0.39 is 10.1 Å². The fraction of sp³-hybridized carbons (Fsp3) is 0.214.